The van der Waals surface area contributed by atoms with Gasteiger partial charge in [0.15, 0.2) is 0 Å². The molecule has 0 spiro atoms. The summed E-state index contributed by atoms with van der Waals surface area (Å²) in [4.78, 5) is 50.2. The van der Waals surface area contributed by atoms with Gasteiger partial charge in [-0.25, -0.2) is 0 Å². The van der Waals surface area contributed by atoms with Crippen molar-refractivity contribution in [2.45, 2.75) is 39.8 Å². The second-order valence-electron chi connectivity index (χ2n) is 7.99. The number of hydrogen-bond acceptors (Lipinski definition) is 5. The van der Waals surface area contributed by atoms with Gasteiger partial charge in [0.25, 0.3) is 5.91 Å². The van der Waals surface area contributed by atoms with Crippen molar-refractivity contribution >= 4 is 29.4 Å². The van der Waals surface area contributed by atoms with Gasteiger partial charge < -0.3 is 20.3 Å². The van der Waals surface area contributed by atoms with Gasteiger partial charge in [-0.1, -0.05) is 24.3 Å². The fraction of sp³-hybridized carbons (Fsp3) is 0.333. The Morgan fingerprint density at radius 2 is 1.88 bits per heavy atom. The molecule has 1 atom stereocenters. The van der Waals surface area contributed by atoms with E-state index in [1.807, 2.05) is 26.0 Å². The summed E-state index contributed by atoms with van der Waals surface area (Å²) in [6.45, 7) is 5.78. The maximum absolute atomic E-state index is 12.7. The molecule has 32 heavy (non-hydrogen) atoms. The van der Waals surface area contributed by atoms with E-state index in [1.54, 1.807) is 35.2 Å². The van der Waals surface area contributed by atoms with Gasteiger partial charge in [0.1, 0.15) is 5.75 Å². The molecule has 1 fully saturated rings. The van der Waals surface area contributed by atoms with Crippen LogP contribution in [-0.2, 0) is 20.9 Å². The number of hydrogen-bond donors (Lipinski definition) is 2. The summed E-state index contributed by atoms with van der Waals surface area (Å²) in [5.41, 5.74) is 1.62. The largest absolute Gasteiger partial charge is 0.427 e. The van der Waals surface area contributed by atoms with Crippen molar-refractivity contribution in [3.05, 3.63) is 59.7 Å². The lowest BCUT2D eigenvalue weighted by atomic mass is 10.1. The van der Waals surface area contributed by atoms with Crippen LogP contribution in [0.4, 0.5) is 5.69 Å². The summed E-state index contributed by atoms with van der Waals surface area (Å²) in [6, 6.07) is 13.5. The number of benzene rings is 2. The minimum absolute atomic E-state index is 0.0104. The molecule has 1 unspecified atom stereocenters. The van der Waals surface area contributed by atoms with Crippen LogP contribution >= 0.6 is 0 Å². The Morgan fingerprint density at radius 3 is 2.56 bits per heavy atom. The summed E-state index contributed by atoms with van der Waals surface area (Å²) in [5.74, 6) is -1.13. The zero-order valence-electron chi connectivity index (χ0n) is 18.4. The smallest absolute Gasteiger partial charge is 0.308 e. The number of nitrogens with zero attached hydrogens (tertiary/aromatic N) is 1. The first kappa shape index (κ1) is 23.0. The van der Waals surface area contributed by atoms with Crippen molar-refractivity contribution < 1.29 is 23.9 Å². The molecule has 0 bridgehead atoms. The topological polar surface area (TPSA) is 105 Å². The number of amides is 3. The molecule has 1 heterocycles. The highest BCUT2D eigenvalue weighted by Crippen LogP contribution is 2.22. The number of rotatable bonds is 7. The SMILES string of the molecule is CC(=O)Oc1cccc(C(=O)Nc2ccccc2CNC(=O)C2CC(=O)N(C(C)C)C2)c1. The number of carbonyl (C=O) groups is 4. The average Bonchev–Trinajstić information content (AvgIpc) is 3.14. The Morgan fingerprint density at radius 1 is 1.12 bits per heavy atom. The van der Waals surface area contributed by atoms with E-state index in [2.05, 4.69) is 10.6 Å². The highest BCUT2D eigenvalue weighted by Gasteiger charge is 2.35. The summed E-state index contributed by atoms with van der Waals surface area (Å²) in [7, 11) is 0. The van der Waals surface area contributed by atoms with E-state index < -0.39 is 5.97 Å². The number of likely N-dealkylation sites (tertiary alicyclic amines) is 1. The molecule has 3 rings (SSSR count). The molecular formula is C24H27N3O5. The molecular weight excluding hydrogens is 410 g/mol. The lowest BCUT2D eigenvalue weighted by Gasteiger charge is -2.20. The number of para-hydroxylation sites is 1. The average molecular weight is 437 g/mol. The van der Waals surface area contributed by atoms with E-state index in [0.717, 1.165) is 5.56 Å². The quantitative estimate of drug-likeness (QED) is 0.512. The van der Waals surface area contributed by atoms with Gasteiger partial charge in [-0.3, -0.25) is 19.2 Å². The van der Waals surface area contributed by atoms with Gasteiger partial charge in [0.05, 0.1) is 5.92 Å². The Balaban J connectivity index is 1.64. The fourth-order valence-corrected chi connectivity index (χ4v) is 3.59. The van der Waals surface area contributed by atoms with Gasteiger partial charge in [-0.15, -0.1) is 0 Å². The van der Waals surface area contributed by atoms with Gasteiger partial charge in [-0.2, -0.15) is 0 Å². The predicted molar refractivity (Wildman–Crippen MR) is 119 cm³/mol. The predicted octanol–water partition coefficient (Wildman–Crippen LogP) is 2.74. The van der Waals surface area contributed by atoms with Crippen LogP contribution in [0.1, 0.15) is 43.1 Å². The highest BCUT2D eigenvalue weighted by atomic mass is 16.5. The molecule has 3 amide bonds. The van der Waals surface area contributed by atoms with Crippen molar-refractivity contribution in [3.63, 3.8) is 0 Å². The van der Waals surface area contributed by atoms with Gasteiger partial charge >= 0.3 is 5.97 Å². The van der Waals surface area contributed by atoms with E-state index >= 15 is 0 Å². The lowest BCUT2D eigenvalue weighted by Crippen LogP contribution is -2.35. The zero-order valence-corrected chi connectivity index (χ0v) is 18.4. The van der Waals surface area contributed by atoms with Crippen molar-refractivity contribution in [1.82, 2.24) is 10.2 Å². The molecule has 0 aromatic heterocycles. The van der Waals surface area contributed by atoms with Crippen LogP contribution < -0.4 is 15.4 Å². The van der Waals surface area contributed by atoms with E-state index in [-0.39, 0.29) is 48.4 Å². The van der Waals surface area contributed by atoms with E-state index in [0.29, 0.717) is 17.8 Å². The van der Waals surface area contributed by atoms with Crippen molar-refractivity contribution in [1.29, 1.82) is 0 Å². The van der Waals surface area contributed by atoms with Gasteiger partial charge in [0, 0.05) is 43.7 Å². The molecule has 8 heteroatoms. The van der Waals surface area contributed by atoms with Crippen molar-refractivity contribution in [3.8, 4) is 5.75 Å². The number of anilines is 1. The standard InChI is InChI=1S/C24H27N3O5/c1-15(2)27-14-19(12-22(27)29)23(30)25-13-18-7-4-5-10-21(18)26-24(31)17-8-6-9-20(11-17)32-16(3)28/h4-11,15,19H,12-14H2,1-3H3,(H,25,30)(H,26,31). The van der Waals surface area contributed by atoms with E-state index in [9.17, 15) is 19.2 Å². The number of esters is 1. The normalized spacial score (nSPS) is 15.6. The summed E-state index contributed by atoms with van der Waals surface area (Å²) in [5, 5.41) is 5.72. The molecule has 168 valence electrons. The van der Waals surface area contributed by atoms with Crippen LogP contribution in [0, 0.1) is 5.92 Å². The minimum atomic E-state index is -0.468. The van der Waals surface area contributed by atoms with Crippen LogP contribution in [0.3, 0.4) is 0 Å². The molecule has 8 nitrogen and oxygen atoms in total. The second-order valence-corrected chi connectivity index (χ2v) is 7.99. The van der Waals surface area contributed by atoms with Crippen LogP contribution in [0.2, 0.25) is 0 Å². The highest BCUT2D eigenvalue weighted by molar-refractivity contribution is 6.05. The molecule has 0 saturated carbocycles. The Kier molecular flexibility index (Phi) is 7.25. The molecule has 2 aromatic rings. The van der Waals surface area contributed by atoms with Crippen molar-refractivity contribution in [2.24, 2.45) is 5.92 Å². The fourth-order valence-electron chi connectivity index (χ4n) is 3.59. The molecule has 2 N–H and O–H groups in total. The van der Waals surface area contributed by atoms with Crippen LogP contribution in [0.5, 0.6) is 5.75 Å². The van der Waals surface area contributed by atoms with E-state index in [1.165, 1.54) is 13.0 Å². The molecule has 1 saturated heterocycles. The first-order chi connectivity index (χ1) is 15.2. The third-order valence-corrected chi connectivity index (χ3v) is 5.23. The summed E-state index contributed by atoms with van der Waals surface area (Å²) in [6.07, 6.45) is 0.209. The number of nitrogens with one attached hydrogen (secondary N) is 2. The summed E-state index contributed by atoms with van der Waals surface area (Å²) < 4.78 is 5.03. The Bertz CT molecular complexity index is 1030. The van der Waals surface area contributed by atoms with Gasteiger partial charge in [0.2, 0.25) is 11.8 Å². The van der Waals surface area contributed by atoms with Crippen molar-refractivity contribution in [2.75, 3.05) is 11.9 Å². The first-order valence-corrected chi connectivity index (χ1v) is 10.5. The molecule has 0 aliphatic carbocycles. The first-order valence-electron chi connectivity index (χ1n) is 10.5. The maximum Gasteiger partial charge on any atom is 0.308 e. The third-order valence-electron chi connectivity index (χ3n) is 5.23. The Hall–Kier alpha value is -3.68. The maximum atomic E-state index is 12.7. The van der Waals surface area contributed by atoms with Gasteiger partial charge in [-0.05, 0) is 43.7 Å². The lowest BCUT2D eigenvalue weighted by molar-refractivity contribution is -0.132. The monoisotopic (exact) mass is 437 g/mol. The van der Waals surface area contributed by atoms with Crippen LogP contribution in [-0.4, -0.2) is 41.2 Å². The van der Waals surface area contributed by atoms with Crippen LogP contribution in [0.25, 0.3) is 0 Å². The number of ether oxygens (including phenoxy) is 1. The molecule has 0 radical (unpaired) electrons. The third kappa shape index (κ3) is 5.72. The second kappa shape index (κ2) is 10.1. The Labute approximate surface area is 186 Å². The minimum Gasteiger partial charge on any atom is -0.427 e. The van der Waals surface area contributed by atoms with Crippen LogP contribution in [0.15, 0.2) is 48.5 Å². The molecule has 2 aromatic carbocycles. The number of carbonyl (C=O) groups excluding carboxylic acids is 4. The summed E-state index contributed by atoms with van der Waals surface area (Å²) >= 11 is 0. The van der Waals surface area contributed by atoms with E-state index in [4.69, 9.17) is 4.74 Å². The zero-order chi connectivity index (χ0) is 23.3. The molecule has 1 aliphatic rings. The molecule has 1 aliphatic heterocycles.